The highest BCUT2D eigenvalue weighted by Crippen LogP contribution is 2.23. The molecule has 0 spiro atoms. The van der Waals surface area contributed by atoms with Gasteiger partial charge >= 0.3 is 0 Å². The second-order valence-electron chi connectivity index (χ2n) is 5.51. The minimum atomic E-state index is 0.157. The largest absolute Gasteiger partial charge is 0.384 e. The van der Waals surface area contributed by atoms with Gasteiger partial charge in [-0.15, -0.1) is 27.1 Å². The van der Waals surface area contributed by atoms with Crippen LogP contribution in [0.3, 0.4) is 0 Å². The number of benzene rings is 1. The minimum Gasteiger partial charge on any atom is -0.384 e. The number of anilines is 1. The molecule has 0 radical (unpaired) electrons. The highest BCUT2D eigenvalue weighted by molar-refractivity contribution is 7.99. The van der Waals surface area contributed by atoms with Gasteiger partial charge in [0.05, 0.1) is 6.61 Å². The van der Waals surface area contributed by atoms with Crippen LogP contribution in [0.5, 0.6) is 0 Å². The molecule has 0 bridgehead atoms. The van der Waals surface area contributed by atoms with Crippen LogP contribution in [-0.2, 0) is 4.74 Å². The van der Waals surface area contributed by atoms with Crippen LogP contribution in [0.15, 0.2) is 41.3 Å². The van der Waals surface area contributed by atoms with E-state index in [1.807, 2.05) is 19.1 Å². The van der Waals surface area contributed by atoms with Crippen molar-refractivity contribution in [3.8, 4) is 0 Å². The van der Waals surface area contributed by atoms with Crippen molar-refractivity contribution in [2.45, 2.75) is 24.8 Å². The van der Waals surface area contributed by atoms with Gasteiger partial charge in [-0.25, -0.2) is 0 Å². The Morgan fingerprint density at radius 3 is 2.71 bits per heavy atom. The van der Waals surface area contributed by atoms with Crippen molar-refractivity contribution in [2.75, 3.05) is 24.8 Å². The zero-order valence-corrected chi connectivity index (χ0v) is 14.9. The van der Waals surface area contributed by atoms with Crippen LogP contribution >= 0.6 is 11.8 Å². The van der Waals surface area contributed by atoms with E-state index in [4.69, 9.17) is 4.74 Å². The molecule has 0 saturated heterocycles. The van der Waals surface area contributed by atoms with Gasteiger partial charge in [0.2, 0.25) is 0 Å². The first-order valence-corrected chi connectivity index (χ1v) is 8.83. The van der Waals surface area contributed by atoms with E-state index in [0.717, 1.165) is 29.6 Å². The maximum Gasteiger partial charge on any atom is 0.178 e. The number of aryl methyl sites for hydroxylation is 1. The van der Waals surface area contributed by atoms with Crippen molar-refractivity contribution >= 4 is 23.2 Å². The van der Waals surface area contributed by atoms with Crippen molar-refractivity contribution in [3.63, 3.8) is 0 Å². The summed E-state index contributed by atoms with van der Waals surface area (Å²) in [6.45, 7) is 4.78. The number of hydrogen-bond donors (Lipinski definition) is 1. The predicted octanol–water partition coefficient (Wildman–Crippen LogP) is 3.34. The lowest BCUT2D eigenvalue weighted by atomic mass is 10.1. The third-order valence-corrected chi connectivity index (χ3v) is 4.70. The number of rotatable bonds is 7. The van der Waals surface area contributed by atoms with Gasteiger partial charge in [0, 0.05) is 23.8 Å². The quantitative estimate of drug-likeness (QED) is 0.524. The third-order valence-electron chi connectivity index (χ3n) is 3.72. The molecule has 1 N–H and O–H groups in total. The lowest BCUT2D eigenvalue weighted by Crippen LogP contribution is -2.09. The Balaban J connectivity index is 1.66. The van der Waals surface area contributed by atoms with Crippen molar-refractivity contribution in [3.05, 3.63) is 47.8 Å². The molecule has 0 aliphatic rings. The Bertz CT molecular complexity index is 802. The molecule has 24 heavy (non-hydrogen) atoms. The number of nitrogens with zero attached hydrogens (tertiary/aromatic N) is 4. The summed E-state index contributed by atoms with van der Waals surface area (Å²) in [7, 11) is 1.73. The molecular weight excluding hydrogens is 322 g/mol. The topological polar surface area (TPSA) is 64.3 Å². The van der Waals surface area contributed by atoms with E-state index in [1.54, 1.807) is 23.4 Å². The second-order valence-corrected chi connectivity index (χ2v) is 6.68. The number of nitrogens with one attached hydrogen (secondary N) is 1. The number of thioether (sulfide) groups is 1. The number of hydrogen-bond acceptors (Lipinski definition) is 6. The number of fused-ring (bicyclic) bond motifs is 1. The molecule has 1 atom stereocenters. The zero-order chi connectivity index (χ0) is 16.9. The van der Waals surface area contributed by atoms with Crippen LogP contribution < -0.4 is 5.32 Å². The molecule has 0 fully saturated rings. The first kappa shape index (κ1) is 16.7. The Morgan fingerprint density at radius 1 is 1.17 bits per heavy atom. The molecule has 1 aromatic carbocycles. The number of aromatic nitrogens is 4. The van der Waals surface area contributed by atoms with Crippen molar-refractivity contribution in [1.82, 2.24) is 19.8 Å². The Labute approximate surface area is 145 Å². The summed E-state index contributed by atoms with van der Waals surface area (Å²) in [6, 6.07) is 12.6. The van der Waals surface area contributed by atoms with Gasteiger partial charge in [-0.1, -0.05) is 12.1 Å². The summed E-state index contributed by atoms with van der Waals surface area (Å²) in [5, 5.41) is 16.0. The van der Waals surface area contributed by atoms with E-state index in [2.05, 4.69) is 51.8 Å². The summed E-state index contributed by atoms with van der Waals surface area (Å²) in [4.78, 5) is 1.25. The summed E-state index contributed by atoms with van der Waals surface area (Å²) < 4.78 is 6.82. The maximum absolute atomic E-state index is 5.08. The minimum absolute atomic E-state index is 0.157. The smallest absolute Gasteiger partial charge is 0.178 e. The van der Waals surface area contributed by atoms with Gasteiger partial charge in [-0.2, -0.15) is 4.52 Å². The van der Waals surface area contributed by atoms with E-state index in [9.17, 15) is 0 Å². The van der Waals surface area contributed by atoms with E-state index >= 15 is 0 Å². The van der Waals surface area contributed by atoms with Crippen LogP contribution in [0, 0.1) is 6.92 Å². The molecule has 1 unspecified atom stereocenters. The molecule has 3 rings (SSSR count). The molecule has 7 heteroatoms. The van der Waals surface area contributed by atoms with Gasteiger partial charge in [0.1, 0.15) is 5.82 Å². The van der Waals surface area contributed by atoms with E-state index in [0.29, 0.717) is 0 Å². The van der Waals surface area contributed by atoms with Gasteiger partial charge < -0.3 is 10.1 Å². The van der Waals surface area contributed by atoms with Gasteiger partial charge in [-0.05, 0) is 43.7 Å². The predicted molar refractivity (Wildman–Crippen MR) is 96.6 cm³/mol. The molecule has 0 aliphatic heterocycles. The molecule has 3 aromatic rings. The lowest BCUT2D eigenvalue weighted by Gasteiger charge is -2.15. The van der Waals surface area contributed by atoms with E-state index in [-0.39, 0.29) is 6.04 Å². The highest BCUT2D eigenvalue weighted by Gasteiger charge is 2.08. The monoisotopic (exact) mass is 343 g/mol. The van der Waals surface area contributed by atoms with Crippen molar-refractivity contribution in [1.29, 1.82) is 0 Å². The molecule has 126 valence electrons. The van der Waals surface area contributed by atoms with E-state index in [1.165, 1.54) is 10.5 Å². The van der Waals surface area contributed by atoms with Gasteiger partial charge in [0.15, 0.2) is 11.5 Å². The second kappa shape index (κ2) is 7.63. The zero-order valence-electron chi connectivity index (χ0n) is 14.1. The maximum atomic E-state index is 5.08. The lowest BCUT2D eigenvalue weighted by molar-refractivity contribution is 0.218. The van der Waals surface area contributed by atoms with Crippen LogP contribution in [0.25, 0.3) is 5.65 Å². The Kier molecular flexibility index (Phi) is 5.32. The molecule has 0 aliphatic carbocycles. The average Bonchev–Trinajstić information content (AvgIpc) is 2.96. The van der Waals surface area contributed by atoms with E-state index < -0.39 is 0 Å². The molecule has 2 heterocycles. The fraction of sp³-hybridized carbons (Fsp3) is 0.353. The first-order valence-electron chi connectivity index (χ1n) is 7.84. The first-order chi connectivity index (χ1) is 11.7. The van der Waals surface area contributed by atoms with Crippen molar-refractivity contribution < 1.29 is 4.74 Å². The Hall–Kier alpha value is -2.12. The number of methoxy groups -OCH3 is 1. The number of ether oxygens (including phenoxy) is 1. The molecular formula is C17H21N5OS. The normalized spacial score (nSPS) is 12.5. The third kappa shape index (κ3) is 3.85. The van der Waals surface area contributed by atoms with Crippen LogP contribution in [0.1, 0.15) is 24.4 Å². The average molecular weight is 343 g/mol. The van der Waals surface area contributed by atoms with Crippen LogP contribution in [-0.4, -0.2) is 39.3 Å². The summed E-state index contributed by atoms with van der Waals surface area (Å²) in [5.74, 6) is 2.54. The van der Waals surface area contributed by atoms with Gasteiger partial charge in [-0.3, -0.25) is 0 Å². The van der Waals surface area contributed by atoms with Crippen LogP contribution in [0.2, 0.25) is 0 Å². The molecule has 2 aromatic heterocycles. The van der Waals surface area contributed by atoms with Crippen molar-refractivity contribution in [2.24, 2.45) is 0 Å². The molecule has 0 saturated carbocycles. The van der Waals surface area contributed by atoms with Gasteiger partial charge in [0.25, 0.3) is 0 Å². The SMILES string of the molecule is COCCSc1ccc(C(C)Nc2ccc3nnc(C)n3n2)cc1. The highest BCUT2D eigenvalue weighted by atomic mass is 32.2. The summed E-state index contributed by atoms with van der Waals surface area (Å²) >= 11 is 1.80. The Morgan fingerprint density at radius 2 is 1.96 bits per heavy atom. The summed E-state index contributed by atoms with van der Waals surface area (Å²) in [5.41, 5.74) is 1.97. The molecule has 0 amide bonds. The van der Waals surface area contributed by atoms with Crippen LogP contribution in [0.4, 0.5) is 5.82 Å². The fourth-order valence-electron chi connectivity index (χ4n) is 2.37. The fourth-order valence-corrected chi connectivity index (χ4v) is 3.19. The summed E-state index contributed by atoms with van der Waals surface area (Å²) in [6.07, 6.45) is 0. The standard InChI is InChI=1S/C17H21N5OS/c1-12(14-4-6-15(7-5-14)24-11-10-23-3)18-16-8-9-17-20-19-13(2)22(17)21-16/h4-9,12H,10-11H2,1-3H3,(H,18,21). The molecule has 6 nitrogen and oxygen atoms in total.